The molecule has 7 heteroatoms. The number of phenols is 1. The van der Waals surface area contributed by atoms with Gasteiger partial charge in [-0.2, -0.15) is 5.10 Å². The number of aromatic nitrogens is 2. The topological polar surface area (TPSA) is 69.2 Å². The fraction of sp³-hybridized carbons (Fsp3) is 0.300. The van der Waals surface area contributed by atoms with Crippen molar-refractivity contribution in [3.8, 4) is 5.75 Å². The molecule has 1 aromatic heterocycles. The van der Waals surface area contributed by atoms with Crippen molar-refractivity contribution < 1.29 is 9.90 Å². The van der Waals surface area contributed by atoms with E-state index in [1.165, 1.54) is 0 Å². The van der Waals surface area contributed by atoms with Crippen LogP contribution in [-0.2, 0) is 6.42 Å². The van der Waals surface area contributed by atoms with Gasteiger partial charge in [0.15, 0.2) is 0 Å². The van der Waals surface area contributed by atoms with E-state index in [4.69, 9.17) is 23.2 Å². The third-order valence-corrected chi connectivity index (χ3v) is 5.28. The van der Waals surface area contributed by atoms with E-state index in [-0.39, 0.29) is 17.2 Å². The lowest BCUT2D eigenvalue weighted by molar-refractivity contribution is 0.0790. The average molecular weight is 406 g/mol. The quantitative estimate of drug-likeness (QED) is 0.603. The number of amides is 1. The zero-order valence-corrected chi connectivity index (χ0v) is 16.7. The molecule has 3 aromatic rings. The third-order valence-electron chi connectivity index (χ3n) is 4.54. The van der Waals surface area contributed by atoms with Gasteiger partial charge in [-0.05, 0) is 30.2 Å². The molecule has 0 aliphatic carbocycles. The number of hydrogen-bond donors (Lipinski definition) is 2. The molecule has 0 saturated carbocycles. The number of carbonyl (C=O) groups is 1. The first kappa shape index (κ1) is 19.5. The van der Waals surface area contributed by atoms with Crippen LogP contribution in [0.1, 0.15) is 41.4 Å². The minimum absolute atomic E-state index is 0.0550. The molecule has 0 radical (unpaired) electrons. The fourth-order valence-electron chi connectivity index (χ4n) is 2.96. The van der Waals surface area contributed by atoms with Crippen molar-refractivity contribution >= 4 is 40.0 Å². The minimum Gasteiger partial charge on any atom is -0.507 e. The summed E-state index contributed by atoms with van der Waals surface area (Å²) in [4.78, 5) is 14.3. The summed E-state index contributed by atoms with van der Waals surface area (Å²) < 4.78 is 0. The number of unbranched alkanes of at least 4 members (excludes halogenated alkanes) is 1. The zero-order chi connectivity index (χ0) is 19.6. The maximum Gasteiger partial charge on any atom is 0.257 e. The Labute approximate surface area is 167 Å². The highest BCUT2D eigenvalue weighted by Crippen LogP contribution is 2.29. The number of nitrogens with one attached hydrogen (secondary N) is 1. The van der Waals surface area contributed by atoms with Crippen LogP contribution in [0.2, 0.25) is 10.0 Å². The highest BCUT2D eigenvalue weighted by atomic mass is 35.5. The number of fused-ring (bicyclic) bond motifs is 1. The molecule has 0 saturated heterocycles. The summed E-state index contributed by atoms with van der Waals surface area (Å²) in [6, 6.07) is 8.68. The molecule has 0 fully saturated rings. The summed E-state index contributed by atoms with van der Waals surface area (Å²) in [5.74, 6) is -0.259. The zero-order valence-electron chi connectivity index (χ0n) is 15.2. The van der Waals surface area contributed by atoms with Gasteiger partial charge in [0.2, 0.25) is 0 Å². The van der Waals surface area contributed by atoms with E-state index in [0.717, 1.165) is 29.5 Å². The van der Waals surface area contributed by atoms with Crippen molar-refractivity contribution in [2.45, 2.75) is 26.2 Å². The van der Waals surface area contributed by atoms with Crippen LogP contribution in [-0.4, -0.2) is 39.7 Å². The second kappa shape index (κ2) is 8.19. The number of hydrogen-bond acceptors (Lipinski definition) is 3. The van der Waals surface area contributed by atoms with E-state index in [9.17, 15) is 9.90 Å². The van der Waals surface area contributed by atoms with E-state index in [1.54, 1.807) is 36.2 Å². The Bertz CT molecular complexity index is 985. The lowest BCUT2D eigenvalue weighted by Gasteiger charge is -2.17. The first-order chi connectivity index (χ1) is 12.9. The van der Waals surface area contributed by atoms with Crippen molar-refractivity contribution in [3.63, 3.8) is 0 Å². The molecule has 2 N–H and O–H groups in total. The van der Waals surface area contributed by atoms with E-state index in [2.05, 4.69) is 17.1 Å². The summed E-state index contributed by atoms with van der Waals surface area (Å²) in [7, 11) is 1.74. The number of aromatic hydroxyl groups is 1. The summed E-state index contributed by atoms with van der Waals surface area (Å²) in [6.45, 7) is 2.72. The number of benzene rings is 2. The van der Waals surface area contributed by atoms with Crippen molar-refractivity contribution in [2.75, 3.05) is 13.6 Å². The van der Waals surface area contributed by atoms with Crippen molar-refractivity contribution in [1.82, 2.24) is 15.1 Å². The molecule has 27 heavy (non-hydrogen) atoms. The van der Waals surface area contributed by atoms with Gasteiger partial charge in [0.05, 0.1) is 26.8 Å². The Balaban J connectivity index is 1.94. The van der Waals surface area contributed by atoms with Crippen LogP contribution in [0.15, 0.2) is 30.3 Å². The lowest BCUT2D eigenvalue weighted by atomic mass is 10.0. The summed E-state index contributed by atoms with van der Waals surface area (Å²) >= 11 is 12.1. The van der Waals surface area contributed by atoms with Gasteiger partial charge in [-0.25, -0.2) is 0 Å². The minimum atomic E-state index is -0.204. The molecular weight excluding hydrogens is 385 g/mol. The molecule has 1 amide bonds. The second-order valence-electron chi connectivity index (χ2n) is 6.59. The van der Waals surface area contributed by atoms with Crippen LogP contribution >= 0.6 is 23.2 Å². The second-order valence-corrected chi connectivity index (χ2v) is 7.41. The van der Waals surface area contributed by atoms with Crippen LogP contribution in [0.4, 0.5) is 0 Å². The number of H-pyrrole nitrogens is 1. The monoisotopic (exact) mass is 405 g/mol. The van der Waals surface area contributed by atoms with Gasteiger partial charge < -0.3 is 10.0 Å². The summed E-state index contributed by atoms with van der Waals surface area (Å²) in [5, 5.41) is 19.3. The van der Waals surface area contributed by atoms with Gasteiger partial charge in [0.1, 0.15) is 5.75 Å². The molecule has 1 heterocycles. The first-order valence-electron chi connectivity index (χ1n) is 8.80. The van der Waals surface area contributed by atoms with Crippen LogP contribution in [0.5, 0.6) is 5.75 Å². The van der Waals surface area contributed by atoms with Gasteiger partial charge in [-0.1, -0.05) is 42.6 Å². The standard InChI is InChI=1S/C20H21Cl2N3O2/c1-3-4-7-25(2)20(27)14-10-13-17(23-24-18(13)11-19(14)26)9-12-5-6-15(21)16(22)8-12/h5-6,8,10-11,26H,3-4,7,9H2,1-2H3,(H,23,24). The van der Waals surface area contributed by atoms with Crippen molar-refractivity contribution in [1.29, 1.82) is 0 Å². The smallest absolute Gasteiger partial charge is 0.257 e. The van der Waals surface area contributed by atoms with Crippen molar-refractivity contribution in [3.05, 3.63) is 57.2 Å². The van der Waals surface area contributed by atoms with Gasteiger partial charge >= 0.3 is 0 Å². The average Bonchev–Trinajstić information content (AvgIpc) is 3.03. The Hall–Kier alpha value is -2.24. The number of halogens is 2. The molecule has 0 unspecified atom stereocenters. The normalized spacial score (nSPS) is 11.1. The van der Waals surface area contributed by atoms with Crippen LogP contribution in [0.25, 0.3) is 10.9 Å². The Kier molecular flexibility index (Phi) is 5.92. The summed E-state index contributed by atoms with van der Waals surface area (Å²) in [6.07, 6.45) is 2.44. The number of nitrogens with zero attached hydrogens (tertiary/aromatic N) is 2. The van der Waals surface area contributed by atoms with E-state index in [1.807, 2.05) is 6.07 Å². The lowest BCUT2D eigenvalue weighted by Crippen LogP contribution is -2.27. The molecule has 5 nitrogen and oxygen atoms in total. The Morgan fingerprint density at radius 2 is 2.00 bits per heavy atom. The first-order valence-corrected chi connectivity index (χ1v) is 9.55. The fourth-order valence-corrected chi connectivity index (χ4v) is 3.28. The van der Waals surface area contributed by atoms with E-state index >= 15 is 0 Å². The van der Waals surface area contributed by atoms with Gasteiger partial charge in [-0.15, -0.1) is 0 Å². The maximum atomic E-state index is 12.7. The SMILES string of the molecule is CCCCN(C)C(=O)c1cc2c(Cc3ccc(Cl)c(Cl)c3)n[nH]c2cc1O. The third kappa shape index (κ3) is 4.20. The van der Waals surface area contributed by atoms with Gasteiger partial charge in [0, 0.05) is 31.5 Å². The Morgan fingerprint density at radius 3 is 2.70 bits per heavy atom. The predicted octanol–water partition coefficient (Wildman–Crippen LogP) is 5.04. The predicted molar refractivity (Wildman–Crippen MR) is 109 cm³/mol. The van der Waals surface area contributed by atoms with Crippen molar-refractivity contribution in [2.24, 2.45) is 0 Å². The molecule has 0 aliphatic rings. The van der Waals surface area contributed by atoms with E-state index in [0.29, 0.717) is 28.5 Å². The molecule has 0 bridgehead atoms. The molecular formula is C20H21Cl2N3O2. The number of phenolic OH excluding ortho intramolecular Hbond substituents is 1. The molecule has 0 aliphatic heterocycles. The maximum absolute atomic E-state index is 12.7. The van der Waals surface area contributed by atoms with Crippen LogP contribution in [0, 0.1) is 0 Å². The Morgan fingerprint density at radius 1 is 1.22 bits per heavy atom. The largest absolute Gasteiger partial charge is 0.507 e. The highest BCUT2D eigenvalue weighted by molar-refractivity contribution is 6.42. The number of carbonyl (C=O) groups excluding carboxylic acids is 1. The molecule has 142 valence electrons. The molecule has 2 aromatic carbocycles. The molecule has 3 rings (SSSR count). The molecule has 0 atom stereocenters. The number of aromatic amines is 1. The van der Waals surface area contributed by atoms with E-state index < -0.39 is 0 Å². The highest BCUT2D eigenvalue weighted by Gasteiger charge is 2.19. The number of rotatable bonds is 6. The summed E-state index contributed by atoms with van der Waals surface area (Å²) in [5.41, 5.74) is 2.68. The van der Waals surface area contributed by atoms with Gasteiger partial charge in [0.25, 0.3) is 5.91 Å². The van der Waals surface area contributed by atoms with Crippen LogP contribution < -0.4 is 0 Å². The van der Waals surface area contributed by atoms with Crippen LogP contribution in [0.3, 0.4) is 0 Å². The molecule has 0 spiro atoms. The van der Waals surface area contributed by atoms with Gasteiger partial charge in [-0.3, -0.25) is 9.89 Å².